The normalized spacial score (nSPS) is 26.4. The standard InChI is InChI=1S/C17H18N2O3S/c20-15(18-7-5-14-11(9-18)6-8-23-14)10-19-16(21)12-3-1-2-4-13(12)17(19)22/h1-2,6,8,12-13H,3-5,7,9-10H2. The number of likely N-dealkylation sites (tertiary alicyclic amines) is 1. The van der Waals surface area contributed by atoms with Gasteiger partial charge >= 0.3 is 0 Å². The van der Waals surface area contributed by atoms with Crippen molar-refractivity contribution in [1.29, 1.82) is 0 Å². The monoisotopic (exact) mass is 330 g/mol. The zero-order valence-electron chi connectivity index (χ0n) is 12.7. The van der Waals surface area contributed by atoms with Crippen molar-refractivity contribution >= 4 is 29.1 Å². The number of allylic oxidation sites excluding steroid dienone is 2. The highest BCUT2D eigenvalue weighted by molar-refractivity contribution is 7.10. The zero-order chi connectivity index (χ0) is 16.0. The van der Waals surface area contributed by atoms with Crippen molar-refractivity contribution in [3.8, 4) is 0 Å². The zero-order valence-corrected chi connectivity index (χ0v) is 13.6. The molecule has 120 valence electrons. The first-order valence-electron chi connectivity index (χ1n) is 7.98. The molecule has 0 radical (unpaired) electrons. The van der Waals surface area contributed by atoms with E-state index in [1.165, 1.54) is 15.3 Å². The number of carbonyl (C=O) groups is 3. The van der Waals surface area contributed by atoms with E-state index >= 15 is 0 Å². The molecule has 2 unspecified atom stereocenters. The van der Waals surface area contributed by atoms with Gasteiger partial charge in [-0.3, -0.25) is 19.3 Å². The van der Waals surface area contributed by atoms with Crippen LogP contribution in [-0.2, 0) is 27.3 Å². The molecule has 3 aliphatic rings. The molecule has 2 atom stereocenters. The fourth-order valence-electron chi connectivity index (χ4n) is 3.72. The van der Waals surface area contributed by atoms with Crippen molar-refractivity contribution < 1.29 is 14.4 Å². The van der Waals surface area contributed by atoms with E-state index < -0.39 is 0 Å². The third-order valence-corrected chi connectivity index (χ3v) is 6.08. The van der Waals surface area contributed by atoms with Gasteiger partial charge < -0.3 is 4.90 Å². The van der Waals surface area contributed by atoms with Crippen LogP contribution in [0.2, 0.25) is 0 Å². The molecule has 0 bridgehead atoms. The number of hydrogen-bond donors (Lipinski definition) is 0. The average Bonchev–Trinajstić information content (AvgIpc) is 3.13. The molecule has 3 heterocycles. The van der Waals surface area contributed by atoms with Crippen molar-refractivity contribution in [3.05, 3.63) is 34.0 Å². The fourth-order valence-corrected chi connectivity index (χ4v) is 4.61. The number of carbonyl (C=O) groups excluding carboxylic acids is 3. The summed E-state index contributed by atoms with van der Waals surface area (Å²) in [5.74, 6) is -0.998. The minimum absolute atomic E-state index is 0.107. The molecular formula is C17H18N2O3S. The van der Waals surface area contributed by atoms with Gasteiger partial charge in [-0.25, -0.2) is 0 Å². The van der Waals surface area contributed by atoms with Crippen LogP contribution < -0.4 is 0 Å². The second-order valence-corrected chi connectivity index (χ2v) is 7.35. The molecular weight excluding hydrogens is 312 g/mol. The van der Waals surface area contributed by atoms with Crippen molar-refractivity contribution in [3.63, 3.8) is 0 Å². The molecule has 1 saturated heterocycles. The quantitative estimate of drug-likeness (QED) is 0.611. The summed E-state index contributed by atoms with van der Waals surface area (Å²) in [5.41, 5.74) is 1.19. The first-order valence-corrected chi connectivity index (χ1v) is 8.86. The number of thiophene rings is 1. The second kappa shape index (κ2) is 5.60. The van der Waals surface area contributed by atoms with Crippen LogP contribution in [0.1, 0.15) is 23.3 Å². The summed E-state index contributed by atoms with van der Waals surface area (Å²) in [7, 11) is 0. The molecule has 2 aliphatic heterocycles. The van der Waals surface area contributed by atoms with Crippen LogP contribution in [0.4, 0.5) is 0 Å². The Morgan fingerprint density at radius 1 is 1.17 bits per heavy atom. The van der Waals surface area contributed by atoms with Crippen LogP contribution in [0, 0.1) is 11.8 Å². The summed E-state index contributed by atoms with van der Waals surface area (Å²) in [5, 5.41) is 2.05. The molecule has 1 aliphatic carbocycles. The van der Waals surface area contributed by atoms with Gasteiger partial charge in [-0.05, 0) is 36.3 Å². The van der Waals surface area contributed by atoms with Crippen molar-refractivity contribution in [1.82, 2.24) is 9.80 Å². The molecule has 0 saturated carbocycles. The molecule has 6 heteroatoms. The third-order valence-electron chi connectivity index (χ3n) is 5.05. The van der Waals surface area contributed by atoms with E-state index in [0.29, 0.717) is 25.9 Å². The van der Waals surface area contributed by atoms with Crippen LogP contribution in [0.15, 0.2) is 23.6 Å². The molecule has 1 aromatic rings. The summed E-state index contributed by atoms with van der Waals surface area (Å²) in [6, 6.07) is 2.05. The van der Waals surface area contributed by atoms with Gasteiger partial charge in [-0.15, -0.1) is 11.3 Å². The number of amides is 3. The minimum atomic E-state index is -0.259. The van der Waals surface area contributed by atoms with Crippen LogP contribution >= 0.6 is 11.3 Å². The van der Waals surface area contributed by atoms with Gasteiger partial charge in [0.1, 0.15) is 6.54 Å². The summed E-state index contributed by atoms with van der Waals surface area (Å²) < 4.78 is 0. The van der Waals surface area contributed by atoms with E-state index in [1.807, 2.05) is 23.6 Å². The minimum Gasteiger partial charge on any atom is -0.336 e. The average molecular weight is 330 g/mol. The SMILES string of the molecule is O=C(CN1C(=O)C2CC=CCC2C1=O)N1CCc2sccc2C1. The lowest BCUT2D eigenvalue weighted by Crippen LogP contribution is -2.44. The van der Waals surface area contributed by atoms with Crippen molar-refractivity contribution in [2.75, 3.05) is 13.1 Å². The number of rotatable bonds is 2. The Kier molecular flexibility index (Phi) is 3.56. The molecule has 4 rings (SSSR count). The van der Waals surface area contributed by atoms with Crippen molar-refractivity contribution in [2.45, 2.75) is 25.8 Å². The molecule has 3 amide bonds. The number of fused-ring (bicyclic) bond motifs is 2. The maximum Gasteiger partial charge on any atom is 0.243 e. The largest absolute Gasteiger partial charge is 0.336 e. The van der Waals surface area contributed by atoms with E-state index in [4.69, 9.17) is 0 Å². The summed E-state index contributed by atoms with van der Waals surface area (Å²) in [6.45, 7) is 1.14. The Bertz CT molecular complexity index is 682. The molecule has 0 aromatic carbocycles. The number of imide groups is 1. The lowest BCUT2D eigenvalue weighted by Gasteiger charge is -2.28. The lowest BCUT2D eigenvalue weighted by molar-refractivity contribution is -0.146. The van der Waals surface area contributed by atoms with E-state index in [9.17, 15) is 14.4 Å². The number of nitrogens with zero attached hydrogens (tertiary/aromatic N) is 2. The predicted molar refractivity (Wildman–Crippen MR) is 85.5 cm³/mol. The molecule has 0 spiro atoms. The van der Waals surface area contributed by atoms with E-state index in [0.717, 1.165) is 6.42 Å². The highest BCUT2D eigenvalue weighted by Crippen LogP contribution is 2.35. The van der Waals surface area contributed by atoms with E-state index in [2.05, 4.69) is 0 Å². The highest BCUT2D eigenvalue weighted by atomic mass is 32.1. The Labute approximate surface area is 138 Å². The predicted octanol–water partition coefficient (Wildman–Crippen LogP) is 1.58. The molecule has 0 N–H and O–H groups in total. The van der Waals surface area contributed by atoms with Gasteiger partial charge in [0.2, 0.25) is 17.7 Å². The van der Waals surface area contributed by atoms with Crippen LogP contribution in [0.5, 0.6) is 0 Å². The van der Waals surface area contributed by atoms with Gasteiger partial charge in [0, 0.05) is 18.0 Å². The van der Waals surface area contributed by atoms with Crippen LogP contribution in [0.3, 0.4) is 0 Å². The summed E-state index contributed by atoms with van der Waals surface area (Å²) in [6.07, 6.45) is 6.00. The van der Waals surface area contributed by atoms with E-state index in [1.54, 1.807) is 16.2 Å². The smallest absolute Gasteiger partial charge is 0.243 e. The van der Waals surface area contributed by atoms with Gasteiger partial charge in [0.25, 0.3) is 0 Å². The first-order chi connectivity index (χ1) is 11.1. The Morgan fingerprint density at radius 3 is 2.57 bits per heavy atom. The maximum absolute atomic E-state index is 12.6. The molecule has 1 aromatic heterocycles. The first kappa shape index (κ1) is 14.6. The number of hydrogen-bond acceptors (Lipinski definition) is 4. The molecule has 1 fully saturated rings. The Morgan fingerprint density at radius 2 is 1.87 bits per heavy atom. The topological polar surface area (TPSA) is 57.7 Å². The Balaban J connectivity index is 1.45. The van der Waals surface area contributed by atoms with E-state index in [-0.39, 0.29) is 36.1 Å². The van der Waals surface area contributed by atoms with Gasteiger partial charge in [0.05, 0.1) is 11.8 Å². The van der Waals surface area contributed by atoms with Crippen LogP contribution in [0.25, 0.3) is 0 Å². The van der Waals surface area contributed by atoms with Crippen molar-refractivity contribution in [2.24, 2.45) is 11.8 Å². The van der Waals surface area contributed by atoms with Crippen LogP contribution in [-0.4, -0.2) is 40.6 Å². The molecule has 5 nitrogen and oxygen atoms in total. The van der Waals surface area contributed by atoms with Gasteiger partial charge in [-0.2, -0.15) is 0 Å². The van der Waals surface area contributed by atoms with Gasteiger partial charge in [0.15, 0.2) is 0 Å². The summed E-state index contributed by atoms with van der Waals surface area (Å²) in [4.78, 5) is 41.7. The lowest BCUT2D eigenvalue weighted by atomic mass is 9.85. The fraction of sp³-hybridized carbons (Fsp3) is 0.471. The Hall–Kier alpha value is -1.95. The van der Waals surface area contributed by atoms with Gasteiger partial charge in [-0.1, -0.05) is 12.2 Å². The second-order valence-electron chi connectivity index (χ2n) is 6.35. The summed E-state index contributed by atoms with van der Waals surface area (Å²) >= 11 is 1.72. The third kappa shape index (κ3) is 2.41. The highest BCUT2D eigenvalue weighted by Gasteiger charge is 2.47. The molecule has 23 heavy (non-hydrogen) atoms. The maximum atomic E-state index is 12.6.